The summed E-state index contributed by atoms with van der Waals surface area (Å²) in [5.41, 5.74) is 0.0872. The molecule has 8 heteroatoms. The number of thiazole rings is 1. The molecule has 0 aliphatic rings. The van der Waals surface area contributed by atoms with Gasteiger partial charge in [0.25, 0.3) is 5.91 Å². The number of nitrogens with zero attached hydrogens (tertiary/aromatic N) is 1. The highest BCUT2D eigenvalue weighted by molar-refractivity contribution is 7.09. The first kappa shape index (κ1) is 13.1. The van der Waals surface area contributed by atoms with Crippen LogP contribution in [0.1, 0.15) is 21.9 Å². The molecule has 0 saturated heterocycles. The van der Waals surface area contributed by atoms with Gasteiger partial charge in [0.2, 0.25) is 0 Å². The lowest BCUT2D eigenvalue weighted by atomic mass is 10.2. The highest BCUT2D eigenvalue weighted by atomic mass is 32.1. The van der Waals surface area contributed by atoms with Crippen molar-refractivity contribution in [2.45, 2.75) is 19.4 Å². The van der Waals surface area contributed by atoms with Gasteiger partial charge in [0.1, 0.15) is 11.7 Å². The Bertz CT molecular complexity index is 456. The molecule has 92 valence electrons. The van der Waals surface area contributed by atoms with E-state index in [4.69, 9.17) is 10.2 Å². The molecule has 17 heavy (non-hydrogen) atoms. The number of hydrogen-bond donors (Lipinski definition) is 3. The molecule has 0 unspecified atom stereocenters. The molecule has 0 aliphatic heterocycles. The van der Waals surface area contributed by atoms with Crippen molar-refractivity contribution in [3.63, 3.8) is 0 Å². The number of nitrogens with one attached hydrogen (secondary N) is 1. The lowest BCUT2D eigenvalue weighted by molar-refractivity contribution is -0.145. The summed E-state index contributed by atoms with van der Waals surface area (Å²) in [5.74, 6) is -3.39. The van der Waals surface area contributed by atoms with Gasteiger partial charge in [0, 0.05) is 5.38 Å². The fourth-order valence-electron chi connectivity index (χ4n) is 1.07. The van der Waals surface area contributed by atoms with E-state index < -0.39 is 30.3 Å². The van der Waals surface area contributed by atoms with Crippen LogP contribution in [0.25, 0.3) is 0 Å². The van der Waals surface area contributed by atoms with Gasteiger partial charge in [-0.1, -0.05) is 0 Å². The van der Waals surface area contributed by atoms with Gasteiger partial charge in [-0.25, -0.2) is 9.78 Å². The molecule has 0 aliphatic carbocycles. The molecule has 1 rings (SSSR count). The molecular weight excluding hydrogens is 248 g/mol. The number of carbonyl (C=O) groups is 3. The standard InChI is InChI=1S/C9H10N2O5S/c1-4-10-6(3-17-4)8(14)11-5(9(15)16)2-7(12)13/h3,5H,2H2,1H3,(H,11,14)(H,12,13)(H,15,16)/t5-/m0/s1. The summed E-state index contributed by atoms with van der Waals surface area (Å²) >= 11 is 1.25. The van der Waals surface area contributed by atoms with E-state index in [1.54, 1.807) is 6.92 Å². The zero-order chi connectivity index (χ0) is 13.0. The first-order valence-electron chi connectivity index (χ1n) is 4.57. The minimum absolute atomic E-state index is 0.0872. The van der Waals surface area contributed by atoms with Crippen molar-refractivity contribution in [2.24, 2.45) is 0 Å². The minimum atomic E-state index is -1.46. The molecule has 1 aromatic heterocycles. The highest BCUT2D eigenvalue weighted by Crippen LogP contribution is 2.08. The molecule has 0 aromatic carbocycles. The van der Waals surface area contributed by atoms with Gasteiger partial charge in [-0.3, -0.25) is 9.59 Å². The topological polar surface area (TPSA) is 117 Å². The van der Waals surface area contributed by atoms with Crippen molar-refractivity contribution >= 4 is 29.2 Å². The Hall–Kier alpha value is -1.96. The van der Waals surface area contributed by atoms with Crippen molar-refractivity contribution in [3.8, 4) is 0 Å². The van der Waals surface area contributed by atoms with Gasteiger partial charge in [0.05, 0.1) is 11.4 Å². The second-order valence-electron chi connectivity index (χ2n) is 3.21. The lowest BCUT2D eigenvalue weighted by Crippen LogP contribution is -2.42. The van der Waals surface area contributed by atoms with E-state index in [1.165, 1.54) is 16.7 Å². The van der Waals surface area contributed by atoms with E-state index >= 15 is 0 Å². The van der Waals surface area contributed by atoms with E-state index in [1.807, 2.05) is 0 Å². The number of carboxylic acid groups (broad SMARTS) is 2. The first-order chi connectivity index (χ1) is 7.90. The number of carboxylic acids is 2. The Balaban J connectivity index is 2.70. The maximum Gasteiger partial charge on any atom is 0.326 e. The predicted octanol–water partition coefficient (Wildman–Crippen LogP) is 0.109. The molecule has 0 fully saturated rings. The molecule has 1 heterocycles. The summed E-state index contributed by atoms with van der Waals surface area (Å²) in [6.45, 7) is 1.70. The third-order valence-corrected chi connectivity index (χ3v) is 2.61. The number of carbonyl (C=O) groups excluding carboxylic acids is 1. The zero-order valence-electron chi connectivity index (χ0n) is 8.84. The Morgan fingerprint density at radius 1 is 1.47 bits per heavy atom. The van der Waals surface area contributed by atoms with Crippen LogP contribution < -0.4 is 5.32 Å². The van der Waals surface area contributed by atoms with Crippen molar-refractivity contribution in [3.05, 3.63) is 16.1 Å². The van der Waals surface area contributed by atoms with Crippen LogP contribution in [-0.2, 0) is 9.59 Å². The molecule has 3 N–H and O–H groups in total. The Morgan fingerprint density at radius 2 is 2.12 bits per heavy atom. The van der Waals surface area contributed by atoms with Gasteiger partial charge in [0.15, 0.2) is 0 Å². The largest absolute Gasteiger partial charge is 0.481 e. The third-order valence-electron chi connectivity index (χ3n) is 1.83. The molecule has 0 bridgehead atoms. The zero-order valence-corrected chi connectivity index (χ0v) is 9.65. The van der Waals surface area contributed by atoms with Crippen LogP contribution in [0.2, 0.25) is 0 Å². The first-order valence-corrected chi connectivity index (χ1v) is 5.45. The smallest absolute Gasteiger partial charge is 0.326 e. The Kier molecular flexibility index (Phi) is 4.16. The second kappa shape index (κ2) is 5.39. The van der Waals surface area contributed by atoms with Crippen LogP contribution in [0.4, 0.5) is 0 Å². The van der Waals surface area contributed by atoms with Gasteiger partial charge in [-0.05, 0) is 6.92 Å². The van der Waals surface area contributed by atoms with Gasteiger partial charge < -0.3 is 15.5 Å². The summed E-state index contributed by atoms with van der Waals surface area (Å²) in [5, 5.41) is 21.5. The summed E-state index contributed by atoms with van der Waals surface area (Å²) in [6.07, 6.45) is -0.676. The van der Waals surface area contributed by atoms with E-state index in [2.05, 4.69) is 10.3 Å². The van der Waals surface area contributed by atoms with Crippen LogP contribution in [-0.4, -0.2) is 39.1 Å². The average molecular weight is 258 g/mol. The van der Waals surface area contributed by atoms with Crippen molar-refractivity contribution in [2.75, 3.05) is 0 Å². The third kappa shape index (κ3) is 3.83. The summed E-state index contributed by atoms with van der Waals surface area (Å²) < 4.78 is 0. The van der Waals surface area contributed by atoms with E-state index in [9.17, 15) is 14.4 Å². The van der Waals surface area contributed by atoms with Crippen LogP contribution >= 0.6 is 11.3 Å². The van der Waals surface area contributed by atoms with E-state index in [0.29, 0.717) is 5.01 Å². The van der Waals surface area contributed by atoms with Crippen molar-refractivity contribution in [1.29, 1.82) is 0 Å². The maximum absolute atomic E-state index is 11.5. The van der Waals surface area contributed by atoms with Gasteiger partial charge in [-0.15, -0.1) is 11.3 Å². The summed E-state index contributed by atoms with van der Waals surface area (Å²) in [6, 6.07) is -1.46. The fourth-order valence-corrected chi connectivity index (χ4v) is 1.67. The van der Waals surface area contributed by atoms with Crippen LogP contribution in [0.15, 0.2) is 5.38 Å². The normalized spacial score (nSPS) is 11.8. The molecular formula is C9H10N2O5S. The van der Waals surface area contributed by atoms with Gasteiger partial charge in [-0.2, -0.15) is 0 Å². The molecule has 7 nitrogen and oxygen atoms in total. The monoisotopic (exact) mass is 258 g/mol. The molecule has 1 amide bonds. The van der Waals surface area contributed by atoms with E-state index in [0.717, 1.165) is 0 Å². The molecule has 0 radical (unpaired) electrons. The van der Waals surface area contributed by atoms with Crippen LogP contribution in [0.5, 0.6) is 0 Å². The number of rotatable bonds is 5. The molecule has 0 saturated carbocycles. The van der Waals surface area contributed by atoms with Crippen molar-refractivity contribution < 1.29 is 24.6 Å². The maximum atomic E-state index is 11.5. The number of aryl methyl sites for hydroxylation is 1. The average Bonchev–Trinajstić information content (AvgIpc) is 2.63. The minimum Gasteiger partial charge on any atom is -0.481 e. The van der Waals surface area contributed by atoms with Crippen LogP contribution in [0, 0.1) is 6.92 Å². The second-order valence-corrected chi connectivity index (χ2v) is 4.28. The van der Waals surface area contributed by atoms with Crippen LogP contribution in [0.3, 0.4) is 0 Å². The summed E-state index contributed by atoms with van der Waals surface area (Å²) in [4.78, 5) is 36.5. The van der Waals surface area contributed by atoms with Crippen molar-refractivity contribution in [1.82, 2.24) is 10.3 Å². The molecule has 1 aromatic rings. The molecule has 1 atom stereocenters. The van der Waals surface area contributed by atoms with Gasteiger partial charge >= 0.3 is 11.9 Å². The number of aromatic nitrogens is 1. The highest BCUT2D eigenvalue weighted by Gasteiger charge is 2.24. The fraction of sp³-hybridized carbons (Fsp3) is 0.333. The Labute approximate surface area is 100 Å². The Morgan fingerprint density at radius 3 is 2.53 bits per heavy atom. The predicted molar refractivity (Wildman–Crippen MR) is 58.0 cm³/mol. The molecule has 0 spiro atoms. The summed E-state index contributed by atoms with van der Waals surface area (Å²) in [7, 11) is 0. The number of aliphatic carboxylic acids is 2. The SMILES string of the molecule is Cc1nc(C(=O)N[C@@H](CC(=O)O)C(=O)O)cs1. The van der Waals surface area contributed by atoms with E-state index in [-0.39, 0.29) is 5.69 Å². The number of hydrogen-bond acceptors (Lipinski definition) is 5. The quantitative estimate of drug-likeness (QED) is 0.690. The lowest BCUT2D eigenvalue weighted by Gasteiger charge is -2.10. The number of amides is 1.